The van der Waals surface area contributed by atoms with Gasteiger partial charge in [-0.05, 0) is 37.4 Å². The first-order chi connectivity index (χ1) is 9.70. The molecule has 0 bridgehead atoms. The summed E-state index contributed by atoms with van der Waals surface area (Å²) in [6, 6.07) is 7.51. The molecule has 1 aromatic rings. The van der Waals surface area contributed by atoms with Crippen molar-refractivity contribution in [2.24, 2.45) is 0 Å². The molecule has 5 heteroatoms. The van der Waals surface area contributed by atoms with Crippen LogP contribution in [0, 0.1) is 0 Å². The number of ketones is 1. The summed E-state index contributed by atoms with van der Waals surface area (Å²) in [4.78, 5) is 16.6. The normalized spacial score (nSPS) is 23.0. The van der Waals surface area contributed by atoms with Crippen molar-refractivity contribution in [3.63, 3.8) is 0 Å². The summed E-state index contributed by atoms with van der Waals surface area (Å²) in [6.45, 7) is 0.845. The molecule has 1 aliphatic carbocycles. The van der Waals surface area contributed by atoms with E-state index in [0.29, 0.717) is 24.4 Å². The first kappa shape index (κ1) is 15.4. The molecule has 0 radical (unpaired) electrons. The number of hydrogen-bond donors (Lipinski definition) is 2. The Morgan fingerprint density at radius 3 is 2.85 bits per heavy atom. The summed E-state index contributed by atoms with van der Waals surface area (Å²) in [5.74, 6) is 0.196. The molecule has 1 fully saturated rings. The van der Waals surface area contributed by atoms with E-state index in [0.717, 1.165) is 24.8 Å². The summed E-state index contributed by atoms with van der Waals surface area (Å²) in [7, 11) is 0. The quantitative estimate of drug-likeness (QED) is 0.481. The maximum absolute atomic E-state index is 12.5. The zero-order chi connectivity index (χ0) is 14.4. The van der Waals surface area contributed by atoms with Crippen molar-refractivity contribution >= 4 is 17.4 Å². The summed E-state index contributed by atoms with van der Waals surface area (Å²) >= 11 is 6.30. The van der Waals surface area contributed by atoms with Crippen LogP contribution in [0.15, 0.2) is 24.3 Å². The largest absolute Gasteiger partial charge is 0.301 e. The van der Waals surface area contributed by atoms with Crippen molar-refractivity contribution in [2.45, 2.75) is 37.6 Å². The Kier molecular flexibility index (Phi) is 5.54. The molecule has 0 aromatic heterocycles. The van der Waals surface area contributed by atoms with Gasteiger partial charge in [0, 0.05) is 11.4 Å². The lowest BCUT2D eigenvalue weighted by molar-refractivity contribution is -0.242. The fraction of sp³-hybridized carbons (Fsp3) is 0.533. The molecular formula is C15H20ClNO3. The lowest BCUT2D eigenvalue weighted by Crippen LogP contribution is -2.51. The standard InChI is InChI=1S/C15H20ClNO3/c16-13-7-2-1-6-12(13)15(17-10-5-11-20-19)9-4-3-8-14(15)18/h1-2,6-7,17,19H,3-5,8-11H2/t15-/m0/s1. The zero-order valence-electron chi connectivity index (χ0n) is 11.4. The SMILES string of the molecule is O=C1CCCC[C@]1(NCCCOO)c1ccccc1Cl. The van der Waals surface area contributed by atoms with E-state index >= 15 is 0 Å². The summed E-state index contributed by atoms with van der Waals surface area (Å²) in [6.07, 6.45) is 3.91. The van der Waals surface area contributed by atoms with Crippen molar-refractivity contribution in [3.05, 3.63) is 34.9 Å². The van der Waals surface area contributed by atoms with Crippen molar-refractivity contribution in [3.8, 4) is 0 Å². The van der Waals surface area contributed by atoms with Gasteiger partial charge < -0.3 is 5.32 Å². The van der Waals surface area contributed by atoms with Crippen LogP contribution in [0.1, 0.15) is 37.7 Å². The second kappa shape index (κ2) is 7.18. The van der Waals surface area contributed by atoms with Crippen LogP contribution < -0.4 is 5.32 Å². The van der Waals surface area contributed by atoms with Crippen molar-refractivity contribution in [1.82, 2.24) is 5.32 Å². The molecule has 0 unspecified atom stereocenters. The van der Waals surface area contributed by atoms with Gasteiger partial charge in [0.15, 0.2) is 5.78 Å². The van der Waals surface area contributed by atoms with Crippen molar-refractivity contribution in [2.75, 3.05) is 13.2 Å². The van der Waals surface area contributed by atoms with Crippen LogP contribution in [-0.4, -0.2) is 24.2 Å². The second-order valence-electron chi connectivity index (χ2n) is 5.13. The molecule has 110 valence electrons. The average Bonchev–Trinajstić information content (AvgIpc) is 2.46. The number of carbonyl (C=O) groups excluding carboxylic acids is 1. The third-order valence-corrected chi connectivity index (χ3v) is 4.18. The molecule has 1 saturated carbocycles. The minimum absolute atomic E-state index is 0.196. The number of rotatable bonds is 6. The van der Waals surface area contributed by atoms with Gasteiger partial charge in [0.25, 0.3) is 0 Å². The molecule has 0 aliphatic heterocycles. The lowest BCUT2D eigenvalue weighted by atomic mass is 9.75. The molecule has 1 aromatic carbocycles. The van der Waals surface area contributed by atoms with Crippen LogP contribution in [0.2, 0.25) is 5.02 Å². The zero-order valence-corrected chi connectivity index (χ0v) is 12.2. The molecule has 0 spiro atoms. The van der Waals surface area contributed by atoms with E-state index in [1.54, 1.807) is 0 Å². The summed E-state index contributed by atoms with van der Waals surface area (Å²) in [5.41, 5.74) is 0.169. The highest BCUT2D eigenvalue weighted by molar-refractivity contribution is 6.31. The Bertz CT molecular complexity index is 466. The van der Waals surface area contributed by atoms with Crippen LogP contribution in [0.25, 0.3) is 0 Å². The first-order valence-corrected chi connectivity index (χ1v) is 7.38. The minimum Gasteiger partial charge on any atom is -0.301 e. The summed E-state index contributed by atoms with van der Waals surface area (Å²) < 4.78 is 0. The smallest absolute Gasteiger partial charge is 0.157 e. The highest BCUT2D eigenvalue weighted by atomic mass is 35.5. The van der Waals surface area contributed by atoms with E-state index in [1.165, 1.54) is 0 Å². The van der Waals surface area contributed by atoms with E-state index in [-0.39, 0.29) is 12.4 Å². The molecule has 1 atom stereocenters. The molecule has 4 nitrogen and oxygen atoms in total. The fourth-order valence-corrected chi connectivity index (χ4v) is 3.14. The predicted octanol–water partition coefficient (Wildman–Crippen LogP) is 3.15. The lowest BCUT2D eigenvalue weighted by Gasteiger charge is -2.38. The number of carbonyl (C=O) groups is 1. The van der Waals surface area contributed by atoms with E-state index in [4.69, 9.17) is 16.9 Å². The number of Topliss-reactive ketones (excluding diaryl/α,β-unsaturated/α-hetero) is 1. The third kappa shape index (κ3) is 3.20. The topological polar surface area (TPSA) is 58.6 Å². The fourth-order valence-electron chi connectivity index (χ4n) is 2.84. The Morgan fingerprint density at radius 1 is 1.35 bits per heavy atom. The first-order valence-electron chi connectivity index (χ1n) is 7.00. The van der Waals surface area contributed by atoms with Gasteiger partial charge in [-0.15, -0.1) is 0 Å². The van der Waals surface area contributed by atoms with Crippen LogP contribution in [0.4, 0.5) is 0 Å². The van der Waals surface area contributed by atoms with Gasteiger partial charge in [0.2, 0.25) is 0 Å². The average molecular weight is 298 g/mol. The van der Waals surface area contributed by atoms with Crippen LogP contribution >= 0.6 is 11.6 Å². The van der Waals surface area contributed by atoms with Gasteiger partial charge >= 0.3 is 0 Å². The Hall–Kier alpha value is -0.940. The number of hydrogen-bond acceptors (Lipinski definition) is 4. The van der Waals surface area contributed by atoms with Gasteiger partial charge in [-0.1, -0.05) is 36.2 Å². The van der Waals surface area contributed by atoms with Crippen LogP contribution in [-0.2, 0) is 15.2 Å². The number of halogens is 1. The molecule has 2 rings (SSSR count). The highest BCUT2D eigenvalue weighted by Gasteiger charge is 2.41. The van der Waals surface area contributed by atoms with Crippen molar-refractivity contribution in [1.29, 1.82) is 0 Å². The molecule has 0 amide bonds. The van der Waals surface area contributed by atoms with Gasteiger partial charge in [0.05, 0.1) is 6.61 Å². The van der Waals surface area contributed by atoms with Gasteiger partial charge in [0.1, 0.15) is 5.54 Å². The minimum atomic E-state index is -0.688. The molecule has 1 aliphatic rings. The molecule has 0 heterocycles. The second-order valence-corrected chi connectivity index (χ2v) is 5.54. The maximum Gasteiger partial charge on any atom is 0.157 e. The Balaban J connectivity index is 2.24. The van der Waals surface area contributed by atoms with E-state index in [9.17, 15) is 4.79 Å². The van der Waals surface area contributed by atoms with Gasteiger partial charge in [-0.3, -0.25) is 10.1 Å². The third-order valence-electron chi connectivity index (χ3n) is 3.85. The van der Waals surface area contributed by atoms with E-state index < -0.39 is 5.54 Å². The number of benzene rings is 1. The predicted molar refractivity (Wildman–Crippen MR) is 77.8 cm³/mol. The van der Waals surface area contributed by atoms with Crippen molar-refractivity contribution < 1.29 is 14.9 Å². The summed E-state index contributed by atoms with van der Waals surface area (Å²) in [5, 5.41) is 12.3. The van der Waals surface area contributed by atoms with Crippen LogP contribution in [0.5, 0.6) is 0 Å². The van der Waals surface area contributed by atoms with Crippen LogP contribution in [0.3, 0.4) is 0 Å². The van der Waals surface area contributed by atoms with E-state index in [1.807, 2.05) is 24.3 Å². The number of nitrogens with one attached hydrogen (secondary N) is 1. The molecule has 20 heavy (non-hydrogen) atoms. The van der Waals surface area contributed by atoms with E-state index in [2.05, 4.69) is 10.2 Å². The Labute approximate surface area is 124 Å². The highest BCUT2D eigenvalue weighted by Crippen LogP contribution is 2.37. The molecule has 2 N–H and O–H groups in total. The Morgan fingerprint density at radius 2 is 2.15 bits per heavy atom. The maximum atomic E-state index is 12.5. The monoisotopic (exact) mass is 297 g/mol. The molecular weight excluding hydrogens is 278 g/mol. The van der Waals surface area contributed by atoms with Gasteiger partial charge in [-0.25, -0.2) is 4.89 Å². The van der Waals surface area contributed by atoms with Gasteiger partial charge in [-0.2, -0.15) is 0 Å². The molecule has 0 saturated heterocycles.